The Kier molecular flexibility index (Phi) is 11.5. The maximum atomic E-state index is 14.1. The minimum Gasteiger partial charge on any atom is -0.444 e. The molecule has 0 aromatic heterocycles. The summed E-state index contributed by atoms with van der Waals surface area (Å²) in [5.41, 5.74) is 2.27. The van der Waals surface area contributed by atoms with Crippen LogP contribution in [0.4, 0.5) is 10.5 Å². The molecule has 8 nitrogen and oxygen atoms in total. The Balaban J connectivity index is 2.59. The second kappa shape index (κ2) is 14.1. The molecule has 0 aliphatic carbocycles. The average Bonchev–Trinajstić information content (AvgIpc) is 2.84. The quantitative estimate of drug-likeness (QED) is 0.348. The number of benzene rings is 2. The summed E-state index contributed by atoms with van der Waals surface area (Å²) in [5.74, 6) is -0.555. The Morgan fingerprint density at radius 3 is 2.05 bits per heavy atom. The minimum atomic E-state index is -1.29. The van der Waals surface area contributed by atoms with E-state index in [-0.39, 0.29) is 11.9 Å². The molecule has 214 valence electrons. The van der Waals surface area contributed by atoms with Gasteiger partial charge < -0.3 is 25.4 Å². The number of alkyl carbamates (subject to hydrolysis) is 1. The molecule has 0 saturated carbocycles. The molecule has 3 N–H and O–H groups in total. The fourth-order valence-corrected chi connectivity index (χ4v) is 4.35. The smallest absolute Gasteiger partial charge is 0.408 e. The van der Waals surface area contributed by atoms with Crippen molar-refractivity contribution in [2.24, 2.45) is 5.92 Å². The van der Waals surface area contributed by atoms with Gasteiger partial charge in [0.15, 0.2) is 0 Å². The van der Waals surface area contributed by atoms with Gasteiger partial charge in [0.05, 0.1) is 6.61 Å². The van der Waals surface area contributed by atoms with Crippen molar-refractivity contribution in [2.45, 2.75) is 92.0 Å². The molecular formula is C31H45N3O5. The van der Waals surface area contributed by atoms with Crippen molar-refractivity contribution in [1.29, 1.82) is 0 Å². The fourth-order valence-electron chi connectivity index (χ4n) is 4.35. The lowest BCUT2D eigenvalue weighted by Gasteiger charge is -2.39. The van der Waals surface area contributed by atoms with E-state index >= 15 is 0 Å². The van der Waals surface area contributed by atoms with Crippen molar-refractivity contribution < 1.29 is 24.2 Å². The molecule has 8 heteroatoms. The number of amides is 3. The summed E-state index contributed by atoms with van der Waals surface area (Å²) in [6.45, 7) is 14.4. The Labute approximate surface area is 233 Å². The van der Waals surface area contributed by atoms with Crippen LogP contribution in [-0.2, 0) is 14.3 Å². The van der Waals surface area contributed by atoms with E-state index in [0.717, 1.165) is 17.5 Å². The molecule has 0 radical (unpaired) electrons. The highest BCUT2D eigenvalue weighted by Gasteiger charge is 2.39. The van der Waals surface area contributed by atoms with Crippen molar-refractivity contribution in [3.63, 3.8) is 0 Å². The summed E-state index contributed by atoms with van der Waals surface area (Å²) in [5, 5.41) is 15.7. The summed E-state index contributed by atoms with van der Waals surface area (Å²) in [4.78, 5) is 42.2. The zero-order valence-corrected chi connectivity index (χ0v) is 24.6. The van der Waals surface area contributed by atoms with Crippen LogP contribution in [0.15, 0.2) is 48.5 Å². The number of rotatable bonds is 11. The van der Waals surface area contributed by atoms with Crippen LogP contribution in [0.1, 0.15) is 77.1 Å². The molecule has 0 aliphatic rings. The van der Waals surface area contributed by atoms with E-state index in [4.69, 9.17) is 4.74 Å². The summed E-state index contributed by atoms with van der Waals surface area (Å²) < 4.78 is 5.33. The van der Waals surface area contributed by atoms with Crippen LogP contribution in [0, 0.1) is 19.8 Å². The first kappa shape index (κ1) is 31.8. The van der Waals surface area contributed by atoms with Crippen LogP contribution in [0.3, 0.4) is 0 Å². The van der Waals surface area contributed by atoms with Crippen molar-refractivity contribution in [3.8, 4) is 0 Å². The molecule has 2 aromatic carbocycles. The molecule has 0 fully saturated rings. The van der Waals surface area contributed by atoms with E-state index in [1.54, 1.807) is 20.8 Å². The molecule has 0 spiro atoms. The molecule has 2 aromatic rings. The van der Waals surface area contributed by atoms with E-state index in [1.807, 2.05) is 69.3 Å². The number of aryl methyl sites for hydroxylation is 2. The van der Waals surface area contributed by atoms with Gasteiger partial charge in [-0.1, -0.05) is 56.3 Å². The first-order valence-corrected chi connectivity index (χ1v) is 13.6. The molecule has 3 atom stereocenters. The van der Waals surface area contributed by atoms with Crippen LogP contribution in [-0.4, -0.2) is 52.2 Å². The number of hydrogen-bond donors (Lipinski definition) is 3. The number of ether oxygens (including phenoxy) is 1. The predicted molar refractivity (Wildman–Crippen MR) is 154 cm³/mol. The molecule has 0 aliphatic heterocycles. The highest BCUT2D eigenvalue weighted by Crippen LogP contribution is 2.31. The number of para-hydroxylation sites is 1. The van der Waals surface area contributed by atoms with Gasteiger partial charge in [0.1, 0.15) is 17.7 Å². The van der Waals surface area contributed by atoms with Gasteiger partial charge in [0.25, 0.3) is 5.91 Å². The fraction of sp³-hybridized carbons (Fsp3) is 0.516. The van der Waals surface area contributed by atoms with E-state index < -0.39 is 36.3 Å². The zero-order chi connectivity index (χ0) is 29.3. The first-order chi connectivity index (χ1) is 18.2. The predicted octanol–water partition coefficient (Wildman–Crippen LogP) is 5.52. The number of carbonyl (C=O) groups excluding carboxylic acids is 3. The van der Waals surface area contributed by atoms with E-state index in [2.05, 4.69) is 24.5 Å². The van der Waals surface area contributed by atoms with Gasteiger partial charge in [-0.3, -0.25) is 9.59 Å². The van der Waals surface area contributed by atoms with Gasteiger partial charge in [-0.05, 0) is 83.1 Å². The third kappa shape index (κ3) is 9.39. The largest absolute Gasteiger partial charge is 0.444 e. The SMILES string of the molecule is Cc1ccccc1NC(=O)C(c1ccccc1C)N(C(=O)C(CO)NC(=O)OC(C)(C)C)C(C)CCC(C)C. The summed E-state index contributed by atoms with van der Waals surface area (Å²) in [7, 11) is 0. The van der Waals surface area contributed by atoms with E-state index in [9.17, 15) is 19.5 Å². The number of nitrogens with zero attached hydrogens (tertiary/aromatic N) is 1. The lowest BCUT2D eigenvalue weighted by molar-refractivity contribution is -0.144. The third-order valence-corrected chi connectivity index (χ3v) is 6.48. The van der Waals surface area contributed by atoms with Crippen molar-refractivity contribution in [1.82, 2.24) is 10.2 Å². The monoisotopic (exact) mass is 539 g/mol. The van der Waals surface area contributed by atoms with Gasteiger partial charge in [0.2, 0.25) is 5.91 Å². The van der Waals surface area contributed by atoms with Crippen LogP contribution in [0.5, 0.6) is 0 Å². The minimum absolute atomic E-state index is 0.374. The van der Waals surface area contributed by atoms with Crippen LogP contribution in [0.25, 0.3) is 0 Å². The molecule has 0 saturated heterocycles. The second-order valence-corrected chi connectivity index (χ2v) is 11.5. The normalized spacial score (nSPS) is 13.8. The summed E-state index contributed by atoms with van der Waals surface area (Å²) in [6, 6.07) is 12.2. The molecule has 3 amide bonds. The lowest BCUT2D eigenvalue weighted by atomic mass is 9.94. The van der Waals surface area contributed by atoms with Crippen molar-refractivity contribution in [2.75, 3.05) is 11.9 Å². The molecule has 39 heavy (non-hydrogen) atoms. The Bertz CT molecular complexity index is 1130. The first-order valence-electron chi connectivity index (χ1n) is 13.6. The van der Waals surface area contributed by atoms with Gasteiger partial charge in [0, 0.05) is 11.7 Å². The van der Waals surface area contributed by atoms with Gasteiger partial charge in [-0.15, -0.1) is 0 Å². The number of aliphatic hydroxyl groups is 1. The molecular weight excluding hydrogens is 494 g/mol. The highest BCUT2D eigenvalue weighted by molar-refractivity contribution is 5.99. The van der Waals surface area contributed by atoms with Crippen LogP contribution >= 0.6 is 0 Å². The standard InChI is InChI=1S/C31H45N3O5/c1-20(2)17-18-23(5)34(29(37)26(19-35)33-30(38)39-31(6,7)8)27(24-15-11-9-13-21(24)3)28(36)32-25-16-12-10-14-22(25)4/h9-16,20,23,26-27,35H,17-19H2,1-8H3,(H,32,36)(H,33,38). The van der Waals surface area contributed by atoms with Crippen LogP contribution in [0.2, 0.25) is 0 Å². The molecule has 2 rings (SSSR count). The zero-order valence-electron chi connectivity index (χ0n) is 24.6. The van der Waals surface area contributed by atoms with Gasteiger partial charge in [-0.25, -0.2) is 4.79 Å². The van der Waals surface area contributed by atoms with Gasteiger partial charge in [-0.2, -0.15) is 0 Å². The van der Waals surface area contributed by atoms with E-state index in [0.29, 0.717) is 23.6 Å². The van der Waals surface area contributed by atoms with Gasteiger partial charge >= 0.3 is 6.09 Å². The number of carbonyl (C=O) groups is 3. The maximum absolute atomic E-state index is 14.1. The molecule has 3 unspecified atom stereocenters. The topological polar surface area (TPSA) is 108 Å². The molecule has 0 heterocycles. The average molecular weight is 540 g/mol. The van der Waals surface area contributed by atoms with E-state index in [1.165, 1.54) is 4.90 Å². The number of aliphatic hydroxyl groups excluding tert-OH is 1. The highest BCUT2D eigenvalue weighted by atomic mass is 16.6. The Morgan fingerprint density at radius 1 is 0.923 bits per heavy atom. The number of anilines is 1. The van der Waals surface area contributed by atoms with Crippen molar-refractivity contribution >= 4 is 23.6 Å². The maximum Gasteiger partial charge on any atom is 0.408 e. The lowest BCUT2D eigenvalue weighted by Crippen LogP contribution is -2.56. The Morgan fingerprint density at radius 2 is 1.51 bits per heavy atom. The number of nitrogens with one attached hydrogen (secondary N) is 2. The van der Waals surface area contributed by atoms with Crippen molar-refractivity contribution in [3.05, 3.63) is 65.2 Å². The third-order valence-electron chi connectivity index (χ3n) is 6.48. The summed E-state index contributed by atoms with van der Waals surface area (Å²) in [6.07, 6.45) is 0.642. The van der Waals surface area contributed by atoms with Crippen LogP contribution < -0.4 is 10.6 Å². The number of hydrogen-bond acceptors (Lipinski definition) is 5. The molecule has 0 bridgehead atoms. The second-order valence-electron chi connectivity index (χ2n) is 11.5. The summed E-state index contributed by atoms with van der Waals surface area (Å²) >= 11 is 0. The Hall–Kier alpha value is -3.39.